The summed E-state index contributed by atoms with van der Waals surface area (Å²) in [6.45, 7) is 0. The SMILES string of the molecule is COc1cc(OC)c(OC)cc1/C=C/C(=O)c1c(F)cccc1F. The van der Waals surface area contributed by atoms with Gasteiger partial charge in [0.2, 0.25) is 0 Å². The lowest BCUT2D eigenvalue weighted by Crippen LogP contribution is -2.02. The highest BCUT2D eigenvalue weighted by molar-refractivity contribution is 6.07. The number of carbonyl (C=O) groups excluding carboxylic acids is 1. The van der Waals surface area contributed by atoms with Gasteiger partial charge >= 0.3 is 0 Å². The van der Waals surface area contributed by atoms with Crippen LogP contribution in [0, 0.1) is 11.6 Å². The third-order valence-electron chi connectivity index (χ3n) is 3.36. The number of ketones is 1. The van der Waals surface area contributed by atoms with E-state index in [0.717, 1.165) is 18.2 Å². The predicted octanol–water partition coefficient (Wildman–Crippen LogP) is 3.89. The summed E-state index contributed by atoms with van der Waals surface area (Å²) < 4.78 is 42.8. The molecule has 0 saturated heterocycles. The van der Waals surface area contributed by atoms with Crippen molar-refractivity contribution in [3.05, 3.63) is 59.2 Å². The summed E-state index contributed by atoms with van der Waals surface area (Å²) >= 11 is 0. The maximum Gasteiger partial charge on any atom is 0.191 e. The smallest absolute Gasteiger partial charge is 0.191 e. The third-order valence-corrected chi connectivity index (χ3v) is 3.36. The molecule has 0 aliphatic heterocycles. The largest absolute Gasteiger partial charge is 0.496 e. The van der Waals surface area contributed by atoms with Crippen molar-refractivity contribution in [2.75, 3.05) is 21.3 Å². The van der Waals surface area contributed by atoms with Crippen LogP contribution in [0.15, 0.2) is 36.4 Å². The average molecular weight is 334 g/mol. The number of ether oxygens (including phenoxy) is 3. The highest BCUT2D eigenvalue weighted by atomic mass is 19.1. The molecule has 0 saturated carbocycles. The van der Waals surface area contributed by atoms with Crippen LogP contribution in [-0.2, 0) is 0 Å². The molecule has 0 atom stereocenters. The molecule has 0 unspecified atom stereocenters. The summed E-state index contributed by atoms with van der Waals surface area (Å²) in [6, 6.07) is 6.44. The molecule has 0 N–H and O–H groups in total. The van der Waals surface area contributed by atoms with E-state index in [0.29, 0.717) is 22.8 Å². The van der Waals surface area contributed by atoms with Crippen molar-refractivity contribution >= 4 is 11.9 Å². The molecule has 126 valence electrons. The molecule has 0 aliphatic rings. The zero-order chi connectivity index (χ0) is 17.7. The van der Waals surface area contributed by atoms with Gasteiger partial charge in [0.05, 0.1) is 26.9 Å². The maximum atomic E-state index is 13.6. The molecule has 0 heterocycles. The lowest BCUT2D eigenvalue weighted by molar-refractivity contribution is 0.104. The Bertz CT molecular complexity index is 765. The van der Waals surface area contributed by atoms with Crippen LogP contribution in [0.1, 0.15) is 15.9 Å². The fourth-order valence-electron chi connectivity index (χ4n) is 2.17. The van der Waals surface area contributed by atoms with Crippen LogP contribution in [-0.4, -0.2) is 27.1 Å². The Morgan fingerprint density at radius 2 is 1.46 bits per heavy atom. The van der Waals surface area contributed by atoms with E-state index in [2.05, 4.69) is 0 Å². The monoisotopic (exact) mass is 334 g/mol. The lowest BCUT2D eigenvalue weighted by Gasteiger charge is -2.12. The first kappa shape index (κ1) is 17.5. The summed E-state index contributed by atoms with van der Waals surface area (Å²) in [5.74, 6) is -1.30. The van der Waals surface area contributed by atoms with Crippen molar-refractivity contribution in [3.63, 3.8) is 0 Å². The zero-order valence-electron chi connectivity index (χ0n) is 13.4. The predicted molar refractivity (Wildman–Crippen MR) is 85.8 cm³/mol. The van der Waals surface area contributed by atoms with E-state index in [9.17, 15) is 13.6 Å². The summed E-state index contributed by atoms with van der Waals surface area (Å²) in [6.07, 6.45) is 2.47. The van der Waals surface area contributed by atoms with Gasteiger partial charge in [-0.1, -0.05) is 6.07 Å². The van der Waals surface area contributed by atoms with Gasteiger partial charge in [-0.2, -0.15) is 0 Å². The highest BCUT2D eigenvalue weighted by Gasteiger charge is 2.15. The lowest BCUT2D eigenvalue weighted by atomic mass is 10.1. The van der Waals surface area contributed by atoms with E-state index in [1.807, 2.05) is 0 Å². The number of allylic oxidation sites excluding steroid dienone is 1. The molecule has 0 fully saturated rings. The van der Waals surface area contributed by atoms with Gasteiger partial charge in [-0.15, -0.1) is 0 Å². The topological polar surface area (TPSA) is 44.8 Å². The van der Waals surface area contributed by atoms with E-state index in [1.165, 1.54) is 33.5 Å². The number of benzene rings is 2. The Morgan fingerprint density at radius 3 is 2.00 bits per heavy atom. The van der Waals surface area contributed by atoms with Crippen LogP contribution in [0.4, 0.5) is 8.78 Å². The van der Waals surface area contributed by atoms with Gasteiger partial charge in [0.15, 0.2) is 17.3 Å². The molecule has 6 heteroatoms. The Kier molecular flexibility index (Phi) is 5.52. The fourth-order valence-corrected chi connectivity index (χ4v) is 2.17. The molecule has 2 rings (SSSR count). The molecule has 24 heavy (non-hydrogen) atoms. The second kappa shape index (κ2) is 7.59. The summed E-state index contributed by atoms with van der Waals surface area (Å²) in [5, 5.41) is 0. The van der Waals surface area contributed by atoms with Crippen LogP contribution in [0.25, 0.3) is 6.08 Å². The molecule has 4 nitrogen and oxygen atoms in total. The van der Waals surface area contributed by atoms with Gasteiger partial charge in [-0.05, 0) is 30.4 Å². The van der Waals surface area contributed by atoms with Gasteiger partial charge in [0.25, 0.3) is 0 Å². The maximum absolute atomic E-state index is 13.6. The molecule has 0 aliphatic carbocycles. The molecule has 2 aromatic carbocycles. The first-order chi connectivity index (χ1) is 11.5. The van der Waals surface area contributed by atoms with Gasteiger partial charge < -0.3 is 14.2 Å². The number of methoxy groups -OCH3 is 3. The molecule has 0 aromatic heterocycles. The Balaban J connectivity index is 2.39. The molecule has 0 spiro atoms. The number of rotatable bonds is 6. The summed E-state index contributed by atoms with van der Waals surface area (Å²) in [7, 11) is 4.41. The minimum atomic E-state index is -0.913. The first-order valence-electron chi connectivity index (χ1n) is 6.98. The standard InChI is InChI=1S/C18H16F2O4/c1-22-15-10-17(24-3)16(23-2)9-11(15)7-8-14(21)18-12(19)5-4-6-13(18)20/h4-10H,1-3H3/b8-7+. The normalized spacial score (nSPS) is 10.7. The Morgan fingerprint density at radius 1 is 0.917 bits per heavy atom. The molecular formula is C18H16F2O4. The molecule has 0 bridgehead atoms. The second-order valence-corrected chi connectivity index (χ2v) is 4.74. The van der Waals surface area contributed by atoms with Gasteiger partial charge in [-0.3, -0.25) is 4.79 Å². The Labute approximate surface area is 138 Å². The van der Waals surface area contributed by atoms with Crippen LogP contribution in [0.5, 0.6) is 17.2 Å². The minimum Gasteiger partial charge on any atom is -0.496 e. The van der Waals surface area contributed by atoms with Crippen molar-refractivity contribution in [1.82, 2.24) is 0 Å². The van der Waals surface area contributed by atoms with Crippen molar-refractivity contribution in [2.45, 2.75) is 0 Å². The van der Waals surface area contributed by atoms with Crippen LogP contribution in [0.3, 0.4) is 0 Å². The van der Waals surface area contributed by atoms with Crippen molar-refractivity contribution in [3.8, 4) is 17.2 Å². The van der Waals surface area contributed by atoms with Crippen molar-refractivity contribution in [2.24, 2.45) is 0 Å². The van der Waals surface area contributed by atoms with Crippen LogP contribution < -0.4 is 14.2 Å². The van der Waals surface area contributed by atoms with Gasteiger partial charge in [0, 0.05) is 11.6 Å². The van der Waals surface area contributed by atoms with Crippen molar-refractivity contribution in [1.29, 1.82) is 0 Å². The van der Waals surface area contributed by atoms with E-state index in [1.54, 1.807) is 12.1 Å². The van der Waals surface area contributed by atoms with Crippen molar-refractivity contribution < 1.29 is 27.8 Å². The van der Waals surface area contributed by atoms with Crippen LogP contribution >= 0.6 is 0 Å². The summed E-state index contributed by atoms with van der Waals surface area (Å²) in [5.41, 5.74) is -0.103. The third kappa shape index (κ3) is 3.53. The highest BCUT2D eigenvalue weighted by Crippen LogP contribution is 2.35. The fraction of sp³-hybridized carbons (Fsp3) is 0.167. The van der Waals surface area contributed by atoms with Gasteiger partial charge in [-0.25, -0.2) is 8.78 Å². The first-order valence-corrected chi connectivity index (χ1v) is 6.98. The molecule has 0 radical (unpaired) electrons. The van der Waals surface area contributed by atoms with E-state index in [4.69, 9.17) is 14.2 Å². The number of hydrogen-bond donors (Lipinski definition) is 0. The minimum absolute atomic E-state index is 0.422. The molecule has 2 aromatic rings. The summed E-state index contributed by atoms with van der Waals surface area (Å²) in [4.78, 5) is 12.1. The number of carbonyl (C=O) groups is 1. The molecule has 0 amide bonds. The van der Waals surface area contributed by atoms with Gasteiger partial charge in [0.1, 0.15) is 17.4 Å². The quantitative estimate of drug-likeness (QED) is 0.594. The number of hydrogen-bond acceptors (Lipinski definition) is 4. The number of halogens is 2. The average Bonchev–Trinajstić information content (AvgIpc) is 2.58. The Hall–Kier alpha value is -2.89. The second-order valence-electron chi connectivity index (χ2n) is 4.74. The van der Waals surface area contributed by atoms with Crippen LogP contribution in [0.2, 0.25) is 0 Å². The molecular weight excluding hydrogens is 318 g/mol. The zero-order valence-corrected chi connectivity index (χ0v) is 13.4. The van der Waals surface area contributed by atoms with E-state index >= 15 is 0 Å². The van der Waals surface area contributed by atoms with E-state index in [-0.39, 0.29) is 0 Å². The van der Waals surface area contributed by atoms with E-state index < -0.39 is 23.0 Å².